The molecular weight excluding hydrogens is 373 g/mol. The summed E-state index contributed by atoms with van der Waals surface area (Å²) in [5.41, 5.74) is 6.39. The summed E-state index contributed by atoms with van der Waals surface area (Å²) in [6.07, 6.45) is 3.50. The smallest absolute Gasteiger partial charge is 0.256 e. The number of carbonyl (C=O) groups excluding carboxylic acids is 2. The van der Waals surface area contributed by atoms with Crippen LogP contribution in [0.2, 0.25) is 10.0 Å². The molecular formula is C19H25Cl2N3O2. The summed E-state index contributed by atoms with van der Waals surface area (Å²) in [5.74, 6) is 0.120. The zero-order chi connectivity index (χ0) is 18.8. The van der Waals surface area contributed by atoms with Crippen LogP contribution < -0.4 is 5.73 Å². The standard InChI is InChI=1S/C19H25Cl2N3O2/c1-12(22)13-4-2-8-23(11-13)19(26)17-5-3-9-24(17)18(25)15-10-14(20)6-7-16(15)21/h6-7,10,12-13,17H,2-5,8-9,11,22H2,1H3. The number of carbonyl (C=O) groups is 2. The zero-order valence-corrected chi connectivity index (χ0v) is 16.5. The van der Waals surface area contributed by atoms with Crippen LogP contribution in [0.15, 0.2) is 18.2 Å². The number of hydrogen-bond donors (Lipinski definition) is 1. The lowest BCUT2D eigenvalue weighted by Crippen LogP contribution is -2.52. The molecule has 3 unspecified atom stereocenters. The monoisotopic (exact) mass is 397 g/mol. The van der Waals surface area contributed by atoms with Gasteiger partial charge in [0.05, 0.1) is 10.6 Å². The van der Waals surface area contributed by atoms with Crippen molar-refractivity contribution >= 4 is 35.0 Å². The number of hydrogen-bond acceptors (Lipinski definition) is 3. The predicted octanol–water partition coefficient (Wildman–Crippen LogP) is 3.18. The fourth-order valence-corrected chi connectivity index (χ4v) is 4.30. The minimum Gasteiger partial charge on any atom is -0.341 e. The molecule has 0 aromatic heterocycles. The highest BCUT2D eigenvalue weighted by Crippen LogP contribution is 2.28. The molecule has 2 heterocycles. The van der Waals surface area contributed by atoms with E-state index in [1.54, 1.807) is 23.1 Å². The molecule has 26 heavy (non-hydrogen) atoms. The maximum atomic E-state index is 13.1. The highest BCUT2D eigenvalue weighted by molar-refractivity contribution is 6.35. The van der Waals surface area contributed by atoms with Gasteiger partial charge in [-0.25, -0.2) is 0 Å². The van der Waals surface area contributed by atoms with Crippen LogP contribution in [0.4, 0.5) is 0 Å². The maximum Gasteiger partial charge on any atom is 0.256 e. The number of likely N-dealkylation sites (tertiary alicyclic amines) is 2. The van der Waals surface area contributed by atoms with Crippen LogP contribution in [0.25, 0.3) is 0 Å². The van der Waals surface area contributed by atoms with Crippen LogP contribution >= 0.6 is 23.2 Å². The first kappa shape index (κ1) is 19.5. The predicted molar refractivity (Wildman–Crippen MR) is 103 cm³/mol. The Kier molecular flexibility index (Phi) is 6.10. The number of nitrogens with two attached hydrogens (primary N) is 1. The molecule has 5 nitrogen and oxygen atoms in total. The van der Waals surface area contributed by atoms with Gasteiger partial charge in [0.15, 0.2) is 0 Å². The Morgan fingerprint density at radius 3 is 2.65 bits per heavy atom. The molecule has 2 amide bonds. The first-order valence-electron chi connectivity index (χ1n) is 9.19. The molecule has 7 heteroatoms. The van der Waals surface area contributed by atoms with Crippen molar-refractivity contribution in [3.8, 4) is 0 Å². The molecule has 142 valence electrons. The number of amides is 2. The Labute approximate surface area is 164 Å². The van der Waals surface area contributed by atoms with E-state index in [9.17, 15) is 9.59 Å². The van der Waals surface area contributed by atoms with Gasteiger partial charge in [0.2, 0.25) is 5.91 Å². The van der Waals surface area contributed by atoms with E-state index in [0.29, 0.717) is 41.0 Å². The molecule has 0 aliphatic carbocycles. The summed E-state index contributed by atoms with van der Waals surface area (Å²) in [6, 6.07) is 4.47. The Morgan fingerprint density at radius 2 is 1.92 bits per heavy atom. The molecule has 0 bridgehead atoms. The van der Waals surface area contributed by atoms with Gasteiger partial charge in [-0.05, 0) is 56.7 Å². The van der Waals surface area contributed by atoms with Gasteiger partial charge in [0.1, 0.15) is 6.04 Å². The van der Waals surface area contributed by atoms with Crippen molar-refractivity contribution in [3.63, 3.8) is 0 Å². The zero-order valence-electron chi connectivity index (χ0n) is 15.0. The molecule has 1 aromatic rings. The quantitative estimate of drug-likeness (QED) is 0.851. The van der Waals surface area contributed by atoms with E-state index in [-0.39, 0.29) is 17.9 Å². The third-order valence-corrected chi connectivity index (χ3v) is 6.04. The molecule has 3 rings (SSSR count). The van der Waals surface area contributed by atoms with Gasteiger partial charge in [0, 0.05) is 30.7 Å². The van der Waals surface area contributed by atoms with E-state index < -0.39 is 6.04 Å². The van der Waals surface area contributed by atoms with Gasteiger partial charge in [0.25, 0.3) is 5.91 Å². The van der Waals surface area contributed by atoms with Crippen molar-refractivity contribution in [3.05, 3.63) is 33.8 Å². The SMILES string of the molecule is CC(N)C1CCCN(C(=O)C2CCCN2C(=O)c2cc(Cl)ccc2Cl)C1. The van der Waals surface area contributed by atoms with Crippen molar-refractivity contribution in [2.75, 3.05) is 19.6 Å². The summed E-state index contributed by atoms with van der Waals surface area (Å²) in [7, 11) is 0. The van der Waals surface area contributed by atoms with Gasteiger partial charge in [-0.1, -0.05) is 23.2 Å². The molecule has 0 spiro atoms. The van der Waals surface area contributed by atoms with Gasteiger partial charge < -0.3 is 15.5 Å². The summed E-state index contributed by atoms with van der Waals surface area (Å²) < 4.78 is 0. The topological polar surface area (TPSA) is 66.6 Å². The van der Waals surface area contributed by atoms with E-state index in [0.717, 1.165) is 25.8 Å². The van der Waals surface area contributed by atoms with Crippen LogP contribution in [-0.2, 0) is 4.79 Å². The molecule has 1 aromatic carbocycles. The first-order chi connectivity index (χ1) is 12.4. The van der Waals surface area contributed by atoms with E-state index in [2.05, 4.69) is 0 Å². The maximum absolute atomic E-state index is 13.1. The van der Waals surface area contributed by atoms with Crippen LogP contribution in [0, 0.1) is 5.92 Å². The lowest BCUT2D eigenvalue weighted by Gasteiger charge is -2.37. The summed E-state index contributed by atoms with van der Waals surface area (Å²) in [6.45, 7) is 3.96. The third kappa shape index (κ3) is 4.00. The molecule has 2 fully saturated rings. The van der Waals surface area contributed by atoms with Crippen molar-refractivity contribution < 1.29 is 9.59 Å². The average Bonchev–Trinajstić information content (AvgIpc) is 3.12. The number of rotatable bonds is 3. The molecule has 2 N–H and O–H groups in total. The van der Waals surface area contributed by atoms with E-state index in [4.69, 9.17) is 28.9 Å². The molecule has 2 saturated heterocycles. The Balaban J connectivity index is 1.76. The minimum absolute atomic E-state index is 0.0272. The lowest BCUT2D eigenvalue weighted by molar-refractivity contribution is -0.137. The summed E-state index contributed by atoms with van der Waals surface area (Å²) >= 11 is 12.2. The van der Waals surface area contributed by atoms with Crippen LogP contribution in [0.1, 0.15) is 43.0 Å². The van der Waals surface area contributed by atoms with Crippen molar-refractivity contribution in [2.45, 2.75) is 44.7 Å². The second-order valence-corrected chi connectivity index (χ2v) is 8.17. The third-order valence-electron chi connectivity index (χ3n) is 5.47. The molecule has 0 radical (unpaired) electrons. The minimum atomic E-state index is -0.427. The number of benzene rings is 1. The van der Waals surface area contributed by atoms with Crippen molar-refractivity contribution in [2.24, 2.45) is 11.7 Å². The van der Waals surface area contributed by atoms with Crippen LogP contribution in [0.3, 0.4) is 0 Å². The van der Waals surface area contributed by atoms with E-state index >= 15 is 0 Å². The normalized spacial score (nSPS) is 24.6. The largest absolute Gasteiger partial charge is 0.341 e. The highest BCUT2D eigenvalue weighted by Gasteiger charge is 2.38. The number of piperidine rings is 1. The second kappa shape index (κ2) is 8.15. The summed E-state index contributed by atoms with van der Waals surface area (Å²) in [5, 5.41) is 0.808. The van der Waals surface area contributed by atoms with Crippen molar-refractivity contribution in [1.29, 1.82) is 0 Å². The van der Waals surface area contributed by atoms with Gasteiger partial charge in [-0.15, -0.1) is 0 Å². The average molecular weight is 398 g/mol. The fraction of sp³-hybridized carbons (Fsp3) is 0.579. The highest BCUT2D eigenvalue weighted by atomic mass is 35.5. The van der Waals surface area contributed by atoms with E-state index in [1.165, 1.54) is 0 Å². The Morgan fingerprint density at radius 1 is 1.19 bits per heavy atom. The second-order valence-electron chi connectivity index (χ2n) is 7.33. The lowest BCUT2D eigenvalue weighted by atomic mass is 9.91. The van der Waals surface area contributed by atoms with E-state index in [1.807, 2.05) is 11.8 Å². The van der Waals surface area contributed by atoms with Crippen molar-refractivity contribution in [1.82, 2.24) is 9.80 Å². The molecule has 2 aliphatic rings. The molecule has 2 aliphatic heterocycles. The fourth-order valence-electron chi connectivity index (χ4n) is 3.93. The van der Waals surface area contributed by atoms with Crippen LogP contribution in [0.5, 0.6) is 0 Å². The van der Waals surface area contributed by atoms with Crippen LogP contribution in [-0.4, -0.2) is 53.3 Å². The Hall–Kier alpha value is -1.30. The number of nitrogens with zero attached hydrogens (tertiary/aromatic N) is 2. The molecule has 0 saturated carbocycles. The van der Waals surface area contributed by atoms with Gasteiger partial charge in [-0.3, -0.25) is 9.59 Å². The van der Waals surface area contributed by atoms with Gasteiger partial charge >= 0.3 is 0 Å². The van der Waals surface area contributed by atoms with Gasteiger partial charge in [-0.2, -0.15) is 0 Å². The first-order valence-corrected chi connectivity index (χ1v) is 9.94. The Bertz CT molecular complexity index is 695. The number of halogens is 2. The molecule has 3 atom stereocenters. The summed E-state index contributed by atoms with van der Waals surface area (Å²) in [4.78, 5) is 29.6.